The quantitative estimate of drug-likeness (QED) is 0.658. The van der Waals surface area contributed by atoms with Gasteiger partial charge in [0.1, 0.15) is 5.75 Å². The molecule has 0 spiro atoms. The lowest BCUT2D eigenvalue weighted by molar-refractivity contribution is 0.0939. The molecule has 0 bridgehead atoms. The summed E-state index contributed by atoms with van der Waals surface area (Å²) in [6, 6.07) is 13.5. The highest BCUT2D eigenvalue weighted by atomic mass is 32.2. The maximum absolute atomic E-state index is 12.8. The van der Waals surface area contributed by atoms with Gasteiger partial charge in [-0.3, -0.25) is 4.79 Å². The van der Waals surface area contributed by atoms with E-state index in [-0.39, 0.29) is 29.0 Å². The Bertz CT molecular complexity index is 982. The first-order valence-corrected chi connectivity index (χ1v) is 11.9. The summed E-state index contributed by atoms with van der Waals surface area (Å²) in [4.78, 5) is 12.9. The van der Waals surface area contributed by atoms with Gasteiger partial charge in [0.2, 0.25) is 10.0 Å². The lowest BCUT2D eigenvalue weighted by Crippen LogP contribution is -2.33. The van der Waals surface area contributed by atoms with Gasteiger partial charge in [-0.05, 0) is 69.5 Å². The topological polar surface area (TPSA) is 84.5 Å². The molecule has 7 heteroatoms. The molecule has 162 valence electrons. The van der Waals surface area contributed by atoms with Crippen molar-refractivity contribution in [2.24, 2.45) is 0 Å². The Morgan fingerprint density at radius 1 is 1.03 bits per heavy atom. The Labute approximate surface area is 179 Å². The predicted molar refractivity (Wildman–Crippen MR) is 117 cm³/mol. The number of hydrogen-bond donors (Lipinski definition) is 2. The van der Waals surface area contributed by atoms with Gasteiger partial charge in [-0.15, -0.1) is 0 Å². The molecule has 1 atom stereocenters. The molecule has 3 rings (SSSR count). The number of sulfonamides is 1. The third-order valence-corrected chi connectivity index (χ3v) is 6.68. The van der Waals surface area contributed by atoms with Gasteiger partial charge in [0.15, 0.2) is 0 Å². The Morgan fingerprint density at radius 3 is 2.43 bits per heavy atom. The predicted octanol–water partition coefficient (Wildman–Crippen LogP) is 4.19. The highest BCUT2D eigenvalue weighted by molar-refractivity contribution is 7.89. The van der Waals surface area contributed by atoms with Crippen molar-refractivity contribution in [3.05, 3.63) is 59.7 Å². The van der Waals surface area contributed by atoms with Gasteiger partial charge >= 0.3 is 0 Å². The van der Waals surface area contributed by atoms with E-state index in [1.165, 1.54) is 12.1 Å². The van der Waals surface area contributed by atoms with Crippen LogP contribution in [0.2, 0.25) is 0 Å². The molecule has 0 heterocycles. The number of rotatable bonds is 8. The van der Waals surface area contributed by atoms with E-state index in [1.54, 1.807) is 12.1 Å². The molecule has 30 heavy (non-hydrogen) atoms. The second kappa shape index (κ2) is 9.62. The molecule has 6 nitrogen and oxygen atoms in total. The highest BCUT2D eigenvalue weighted by Gasteiger charge is 2.23. The van der Waals surface area contributed by atoms with Crippen molar-refractivity contribution in [3.8, 4) is 5.75 Å². The fraction of sp³-hybridized carbons (Fsp3) is 0.435. The van der Waals surface area contributed by atoms with Crippen molar-refractivity contribution >= 4 is 15.9 Å². The van der Waals surface area contributed by atoms with E-state index in [4.69, 9.17) is 4.74 Å². The van der Waals surface area contributed by atoms with Crippen LogP contribution in [0.25, 0.3) is 0 Å². The minimum atomic E-state index is -3.64. The summed E-state index contributed by atoms with van der Waals surface area (Å²) in [5.41, 5.74) is 1.22. The molecule has 2 aromatic carbocycles. The zero-order valence-electron chi connectivity index (χ0n) is 17.7. The first-order chi connectivity index (χ1) is 14.2. The van der Waals surface area contributed by atoms with E-state index in [9.17, 15) is 13.2 Å². The van der Waals surface area contributed by atoms with Crippen LogP contribution in [0.15, 0.2) is 53.4 Å². The van der Waals surface area contributed by atoms with Gasteiger partial charge < -0.3 is 10.1 Å². The number of hydrogen-bond acceptors (Lipinski definition) is 4. The number of nitrogens with one attached hydrogen (secondary N) is 2. The van der Waals surface area contributed by atoms with E-state index in [1.807, 2.05) is 45.0 Å². The largest absolute Gasteiger partial charge is 0.491 e. The van der Waals surface area contributed by atoms with Crippen LogP contribution in [0.4, 0.5) is 0 Å². The van der Waals surface area contributed by atoms with Crippen LogP contribution in [-0.2, 0) is 10.0 Å². The SMILES string of the molecule is CC(C)Oc1cccc(C(C)NC(=O)c2cccc(S(=O)(=O)NC3CCCC3)c2)c1. The molecule has 0 radical (unpaired) electrons. The Kier molecular flexibility index (Phi) is 7.15. The molecule has 1 aliphatic rings. The third-order valence-electron chi connectivity index (χ3n) is 5.16. The Morgan fingerprint density at radius 2 is 1.73 bits per heavy atom. The fourth-order valence-electron chi connectivity index (χ4n) is 3.63. The van der Waals surface area contributed by atoms with E-state index in [0.717, 1.165) is 37.0 Å². The smallest absolute Gasteiger partial charge is 0.251 e. The van der Waals surface area contributed by atoms with Crippen LogP contribution in [0, 0.1) is 0 Å². The van der Waals surface area contributed by atoms with Crippen molar-refractivity contribution in [2.75, 3.05) is 0 Å². The van der Waals surface area contributed by atoms with E-state index >= 15 is 0 Å². The average Bonchev–Trinajstić information content (AvgIpc) is 3.20. The van der Waals surface area contributed by atoms with Gasteiger partial charge in [-0.2, -0.15) is 0 Å². The number of ether oxygens (including phenoxy) is 1. The fourth-order valence-corrected chi connectivity index (χ4v) is 4.98. The average molecular weight is 431 g/mol. The number of amides is 1. The molecule has 0 aliphatic heterocycles. The van der Waals surface area contributed by atoms with Gasteiger partial charge in [0, 0.05) is 11.6 Å². The molecule has 0 aromatic heterocycles. The maximum Gasteiger partial charge on any atom is 0.251 e. The molecule has 0 saturated heterocycles. The molecule has 1 unspecified atom stereocenters. The van der Waals surface area contributed by atoms with Crippen LogP contribution >= 0.6 is 0 Å². The van der Waals surface area contributed by atoms with Crippen molar-refractivity contribution in [3.63, 3.8) is 0 Å². The second-order valence-corrected chi connectivity index (χ2v) is 9.78. The van der Waals surface area contributed by atoms with E-state index in [0.29, 0.717) is 5.56 Å². The van der Waals surface area contributed by atoms with E-state index < -0.39 is 10.0 Å². The number of benzene rings is 2. The van der Waals surface area contributed by atoms with Crippen LogP contribution in [0.1, 0.15) is 68.4 Å². The molecule has 1 saturated carbocycles. The maximum atomic E-state index is 12.8. The standard InChI is InChI=1S/C23H30N2O4S/c1-16(2)29-21-12-6-8-18(14-21)17(3)24-23(26)19-9-7-13-22(15-19)30(27,28)25-20-10-4-5-11-20/h6-9,12-17,20,25H,4-5,10-11H2,1-3H3,(H,24,26). The minimum Gasteiger partial charge on any atom is -0.491 e. The highest BCUT2D eigenvalue weighted by Crippen LogP contribution is 2.22. The molecule has 2 aromatic rings. The van der Waals surface area contributed by atoms with Crippen molar-refractivity contribution in [1.29, 1.82) is 0 Å². The Balaban J connectivity index is 1.70. The number of carbonyl (C=O) groups is 1. The van der Waals surface area contributed by atoms with Gasteiger partial charge in [-0.25, -0.2) is 13.1 Å². The van der Waals surface area contributed by atoms with Crippen molar-refractivity contribution < 1.29 is 17.9 Å². The van der Waals surface area contributed by atoms with Crippen LogP contribution in [-0.4, -0.2) is 26.5 Å². The zero-order valence-corrected chi connectivity index (χ0v) is 18.5. The molecule has 1 aliphatic carbocycles. The summed E-state index contributed by atoms with van der Waals surface area (Å²) in [6.45, 7) is 5.80. The third kappa shape index (κ3) is 5.83. The summed E-state index contributed by atoms with van der Waals surface area (Å²) >= 11 is 0. The van der Waals surface area contributed by atoms with Crippen LogP contribution in [0.3, 0.4) is 0 Å². The summed E-state index contributed by atoms with van der Waals surface area (Å²) < 4.78 is 33.8. The molecular weight excluding hydrogens is 400 g/mol. The summed E-state index contributed by atoms with van der Waals surface area (Å²) in [6.07, 6.45) is 3.86. The minimum absolute atomic E-state index is 0.0205. The zero-order chi connectivity index (χ0) is 21.7. The Hall–Kier alpha value is -2.38. The van der Waals surface area contributed by atoms with Crippen LogP contribution in [0.5, 0.6) is 5.75 Å². The van der Waals surface area contributed by atoms with Gasteiger partial charge in [-0.1, -0.05) is 31.0 Å². The lowest BCUT2D eigenvalue weighted by Gasteiger charge is -2.17. The summed E-state index contributed by atoms with van der Waals surface area (Å²) in [7, 11) is -3.64. The number of carbonyl (C=O) groups excluding carboxylic acids is 1. The van der Waals surface area contributed by atoms with Crippen LogP contribution < -0.4 is 14.8 Å². The molecule has 2 N–H and O–H groups in total. The lowest BCUT2D eigenvalue weighted by atomic mass is 10.1. The molecule has 1 fully saturated rings. The van der Waals surface area contributed by atoms with Gasteiger partial charge in [0.25, 0.3) is 5.91 Å². The van der Waals surface area contributed by atoms with E-state index in [2.05, 4.69) is 10.0 Å². The first-order valence-electron chi connectivity index (χ1n) is 10.4. The summed E-state index contributed by atoms with van der Waals surface area (Å²) in [5.74, 6) is 0.422. The van der Waals surface area contributed by atoms with Crippen molar-refractivity contribution in [1.82, 2.24) is 10.0 Å². The van der Waals surface area contributed by atoms with Gasteiger partial charge in [0.05, 0.1) is 17.0 Å². The first kappa shape index (κ1) is 22.3. The molecular formula is C23H30N2O4S. The molecule has 1 amide bonds. The second-order valence-electron chi connectivity index (χ2n) is 8.06. The monoisotopic (exact) mass is 430 g/mol. The normalized spacial score (nSPS) is 15.9. The van der Waals surface area contributed by atoms with Crippen molar-refractivity contribution in [2.45, 2.75) is 69.5 Å². The summed E-state index contributed by atoms with van der Waals surface area (Å²) in [5, 5.41) is 2.94.